The zero-order valence-electron chi connectivity index (χ0n) is 10.2. The topological polar surface area (TPSA) is 83.5 Å². The molecule has 0 heterocycles. The average Bonchev–Trinajstić information content (AvgIpc) is 2.27. The van der Waals surface area contributed by atoms with Crippen LogP contribution in [0.15, 0.2) is 24.3 Å². The molecule has 0 aliphatic heterocycles. The smallest absolute Gasteiger partial charge is 0.748 e. The normalized spacial score (nSPS) is 10.5. The predicted molar refractivity (Wildman–Crippen MR) is 61.1 cm³/mol. The number of aldehydes is 1. The molecule has 0 aliphatic carbocycles. The van der Waals surface area contributed by atoms with Gasteiger partial charge < -0.3 is 9.29 Å². The zero-order chi connectivity index (χ0) is 12.7. The number of para-hydroxylation sites is 1. The molecule has 1 rings (SSSR count). The van der Waals surface area contributed by atoms with Crippen LogP contribution in [0.1, 0.15) is 23.2 Å². The van der Waals surface area contributed by atoms with Crippen LogP contribution in [0, 0.1) is 0 Å². The molecule has 0 unspecified atom stereocenters. The van der Waals surface area contributed by atoms with E-state index in [-0.39, 0.29) is 48.3 Å². The van der Waals surface area contributed by atoms with Gasteiger partial charge in [-0.1, -0.05) is 12.1 Å². The number of carbonyl (C=O) groups is 1. The fraction of sp³-hybridized carbons (Fsp3) is 0.364. The van der Waals surface area contributed by atoms with E-state index >= 15 is 0 Å². The molecule has 1 aromatic rings. The van der Waals surface area contributed by atoms with Gasteiger partial charge in [0.2, 0.25) is 0 Å². The number of unbranched alkanes of at least 4 members (excludes halogenated alkanes) is 1. The van der Waals surface area contributed by atoms with E-state index in [2.05, 4.69) is 0 Å². The summed E-state index contributed by atoms with van der Waals surface area (Å²) in [6.07, 6.45) is 1.40. The first kappa shape index (κ1) is 17.6. The summed E-state index contributed by atoms with van der Waals surface area (Å²) in [5.41, 5.74) is 0.448. The van der Waals surface area contributed by atoms with Crippen LogP contribution in [0.2, 0.25) is 0 Å². The van der Waals surface area contributed by atoms with Gasteiger partial charge in [0, 0.05) is 5.75 Å². The maximum absolute atomic E-state index is 10.6. The third kappa shape index (κ3) is 7.13. The second-order valence-corrected chi connectivity index (χ2v) is 5.00. The first-order chi connectivity index (χ1) is 8.03. The minimum atomic E-state index is -4.14. The number of hydrogen-bond donors (Lipinski definition) is 0. The molecular formula is C11H13NaO5S. The predicted octanol–water partition coefficient (Wildman–Crippen LogP) is -1.79. The largest absolute Gasteiger partial charge is 1.00 e. The molecule has 7 heteroatoms. The van der Waals surface area contributed by atoms with Gasteiger partial charge in [0.1, 0.15) is 5.75 Å². The molecule has 0 saturated carbocycles. The van der Waals surface area contributed by atoms with E-state index in [4.69, 9.17) is 4.74 Å². The minimum Gasteiger partial charge on any atom is -0.748 e. The Morgan fingerprint density at radius 3 is 2.50 bits per heavy atom. The summed E-state index contributed by atoms with van der Waals surface area (Å²) < 4.78 is 36.3. The molecule has 18 heavy (non-hydrogen) atoms. The Morgan fingerprint density at radius 2 is 1.89 bits per heavy atom. The summed E-state index contributed by atoms with van der Waals surface area (Å²) in [7, 11) is -4.14. The van der Waals surface area contributed by atoms with E-state index in [0.29, 0.717) is 24.0 Å². The Labute approximate surface area is 129 Å². The number of ether oxygens (including phenoxy) is 1. The van der Waals surface area contributed by atoms with Crippen LogP contribution < -0.4 is 34.3 Å². The number of hydrogen-bond acceptors (Lipinski definition) is 5. The van der Waals surface area contributed by atoms with Gasteiger partial charge in [0.15, 0.2) is 6.29 Å². The summed E-state index contributed by atoms with van der Waals surface area (Å²) in [5, 5.41) is 0. The van der Waals surface area contributed by atoms with E-state index in [1.807, 2.05) is 0 Å². The van der Waals surface area contributed by atoms with Gasteiger partial charge in [-0.05, 0) is 25.0 Å². The molecule has 0 bridgehead atoms. The van der Waals surface area contributed by atoms with Crippen molar-refractivity contribution in [3.05, 3.63) is 29.8 Å². The first-order valence-corrected chi connectivity index (χ1v) is 6.71. The molecule has 5 nitrogen and oxygen atoms in total. The summed E-state index contributed by atoms with van der Waals surface area (Å²) in [5.74, 6) is 0.0820. The maximum Gasteiger partial charge on any atom is 1.00 e. The molecule has 0 N–H and O–H groups in total. The summed E-state index contributed by atoms with van der Waals surface area (Å²) in [6, 6.07) is 6.75. The Kier molecular flexibility index (Phi) is 8.47. The number of rotatable bonds is 7. The Morgan fingerprint density at radius 1 is 1.22 bits per heavy atom. The molecule has 0 atom stereocenters. The van der Waals surface area contributed by atoms with Gasteiger partial charge in [0.25, 0.3) is 0 Å². The quantitative estimate of drug-likeness (QED) is 0.255. The van der Waals surface area contributed by atoms with Crippen LogP contribution in [-0.2, 0) is 10.1 Å². The van der Waals surface area contributed by atoms with Crippen LogP contribution in [0.25, 0.3) is 0 Å². The SMILES string of the molecule is O=Cc1ccccc1OCCCCS(=O)(=O)[O-].[Na+]. The van der Waals surface area contributed by atoms with Crippen LogP contribution in [0.5, 0.6) is 5.75 Å². The second kappa shape index (κ2) is 8.66. The van der Waals surface area contributed by atoms with Crippen molar-refractivity contribution in [2.75, 3.05) is 12.4 Å². The van der Waals surface area contributed by atoms with E-state index in [1.165, 1.54) is 0 Å². The standard InChI is InChI=1S/C11H14O5S.Na/c12-9-10-5-1-2-6-11(10)16-7-3-4-8-17(13,14)15;/h1-2,5-6,9H,3-4,7-8H2,(H,13,14,15);/q;+1/p-1. The molecule has 0 aromatic heterocycles. The third-order valence-corrected chi connectivity index (χ3v) is 2.88. The van der Waals surface area contributed by atoms with Crippen molar-refractivity contribution in [3.63, 3.8) is 0 Å². The average molecular weight is 280 g/mol. The third-order valence-electron chi connectivity index (χ3n) is 2.09. The van der Waals surface area contributed by atoms with Crippen molar-refractivity contribution < 1.29 is 52.1 Å². The Bertz CT molecular complexity index is 472. The Balaban J connectivity index is 0.00000289. The van der Waals surface area contributed by atoms with E-state index < -0.39 is 10.1 Å². The zero-order valence-corrected chi connectivity index (χ0v) is 13.0. The number of benzene rings is 1. The van der Waals surface area contributed by atoms with Crippen molar-refractivity contribution in [2.45, 2.75) is 12.8 Å². The maximum atomic E-state index is 10.6. The molecule has 0 amide bonds. The van der Waals surface area contributed by atoms with E-state index in [1.54, 1.807) is 24.3 Å². The van der Waals surface area contributed by atoms with Crippen molar-refractivity contribution in [1.82, 2.24) is 0 Å². The van der Waals surface area contributed by atoms with E-state index in [9.17, 15) is 17.8 Å². The van der Waals surface area contributed by atoms with Crippen LogP contribution in [0.3, 0.4) is 0 Å². The van der Waals surface area contributed by atoms with Gasteiger partial charge in [0.05, 0.1) is 22.3 Å². The number of carbonyl (C=O) groups excluding carboxylic acids is 1. The second-order valence-electron chi connectivity index (χ2n) is 3.47. The van der Waals surface area contributed by atoms with Crippen molar-refractivity contribution in [1.29, 1.82) is 0 Å². The molecule has 0 radical (unpaired) electrons. The monoisotopic (exact) mass is 280 g/mol. The first-order valence-electron chi connectivity index (χ1n) is 5.13. The molecule has 1 aromatic carbocycles. The molecular weight excluding hydrogens is 267 g/mol. The van der Waals surface area contributed by atoms with E-state index in [0.717, 1.165) is 0 Å². The van der Waals surface area contributed by atoms with Crippen molar-refractivity contribution >= 4 is 16.4 Å². The summed E-state index contributed by atoms with van der Waals surface area (Å²) in [4.78, 5) is 10.6. The summed E-state index contributed by atoms with van der Waals surface area (Å²) in [6.45, 7) is 0.278. The van der Waals surface area contributed by atoms with Crippen LogP contribution in [-0.4, -0.2) is 31.6 Å². The van der Waals surface area contributed by atoms with Gasteiger partial charge in [-0.3, -0.25) is 4.79 Å². The fourth-order valence-electron chi connectivity index (χ4n) is 1.27. The van der Waals surface area contributed by atoms with Crippen molar-refractivity contribution in [2.24, 2.45) is 0 Å². The van der Waals surface area contributed by atoms with Crippen LogP contribution in [0.4, 0.5) is 0 Å². The van der Waals surface area contributed by atoms with Gasteiger partial charge in [-0.2, -0.15) is 0 Å². The molecule has 0 fully saturated rings. The van der Waals surface area contributed by atoms with Crippen LogP contribution >= 0.6 is 0 Å². The van der Waals surface area contributed by atoms with Gasteiger partial charge in [-0.15, -0.1) is 0 Å². The fourth-order valence-corrected chi connectivity index (χ4v) is 1.83. The summed E-state index contributed by atoms with van der Waals surface area (Å²) >= 11 is 0. The molecule has 0 spiro atoms. The van der Waals surface area contributed by atoms with Crippen molar-refractivity contribution in [3.8, 4) is 5.75 Å². The van der Waals surface area contributed by atoms with Gasteiger partial charge >= 0.3 is 29.6 Å². The minimum absolute atomic E-state index is 0. The molecule has 94 valence electrons. The Hall–Kier alpha value is -0.400. The molecule has 0 saturated heterocycles. The van der Waals surface area contributed by atoms with Gasteiger partial charge in [-0.25, -0.2) is 8.42 Å². The molecule has 0 aliphatic rings.